The van der Waals surface area contributed by atoms with Crippen LogP contribution in [0.1, 0.15) is 5.56 Å². The second kappa shape index (κ2) is 4.63. The number of nitrogens with zero attached hydrogens (tertiary/aromatic N) is 2. The maximum Gasteiger partial charge on any atom is 0.110 e. The molecule has 0 spiro atoms. The van der Waals surface area contributed by atoms with Crippen molar-refractivity contribution in [2.75, 3.05) is 16.8 Å². The maximum atomic E-state index is 4.29. The zero-order valence-corrected chi connectivity index (χ0v) is 12.9. The van der Waals surface area contributed by atoms with Gasteiger partial charge >= 0.3 is 0 Å². The molecule has 1 aliphatic heterocycles. The van der Waals surface area contributed by atoms with Gasteiger partial charge in [0.2, 0.25) is 0 Å². The number of fused-ring (bicyclic) bond motifs is 2. The molecule has 108 valence electrons. The molecule has 0 N–H and O–H groups in total. The van der Waals surface area contributed by atoms with Gasteiger partial charge in [-0.3, -0.25) is 4.90 Å². The molecule has 0 unspecified atom stereocenters. The minimum absolute atomic E-state index is 0.986. The van der Waals surface area contributed by atoms with Crippen LogP contribution in [-0.2, 0) is 0 Å². The molecule has 2 heteroatoms. The topological polar surface area (TPSA) is 6.48 Å². The van der Waals surface area contributed by atoms with E-state index < -0.39 is 0 Å². The van der Waals surface area contributed by atoms with Crippen molar-refractivity contribution in [3.8, 4) is 0 Å². The normalized spacial score (nSPS) is 13.8. The van der Waals surface area contributed by atoms with E-state index in [0.29, 0.717) is 0 Å². The fraction of sp³-hybridized carbons (Fsp3) is 0.100. The Labute approximate surface area is 130 Å². The molecule has 0 amide bonds. The average Bonchev–Trinajstić information content (AvgIpc) is 2.77. The molecule has 0 radical (unpaired) electrons. The van der Waals surface area contributed by atoms with Crippen molar-refractivity contribution in [1.29, 1.82) is 0 Å². The second-order valence-corrected chi connectivity index (χ2v) is 5.79. The van der Waals surface area contributed by atoms with E-state index in [2.05, 4.69) is 91.0 Å². The van der Waals surface area contributed by atoms with Crippen molar-refractivity contribution >= 4 is 27.8 Å². The molecule has 0 atom stereocenters. The van der Waals surface area contributed by atoms with Gasteiger partial charge in [-0.2, -0.15) is 0 Å². The molecular formula is C20H18N2. The molecular weight excluding hydrogens is 268 g/mol. The first-order valence-corrected chi connectivity index (χ1v) is 7.48. The second-order valence-electron chi connectivity index (χ2n) is 5.79. The average molecular weight is 286 g/mol. The predicted molar refractivity (Wildman–Crippen MR) is 94.8 cm³/mol. The maximum absolute atomic E-state index is 4.29. The summed E-state index contributed by atoms with van der Waals surface area (Å²) in [6.07, 6.45) is 0. The van der Waals surface area contributed by atoms with Gasteiger partial charge in [0.1, 0.15) is 5.82 Å². The van der Waals surface area contributed by atoms with E-state index in [4.69, 9.17) is 0 Å². The van der Waals surface area contributed by atoms with Gasteiger partial charge in [-0.15, -0.1) is 0 Å². The summed E-state index contributed by atoms with van der Waals surface area (Å²) in [5, 5.41) is 2.51. The summed E-state index contributed by atoms with van der Waals surface area (Å²) in [6, 6.07) is 21.4. The van der Waals surface area contributed by atoms with Crippen LogP contribution in [0, 0.1) is 6.92 Å². The SMILES string of the molecule is C=C1N(C)c2cc3ccccc3cc2N1c1ccccc1C. The number of rotatable bonds is 1. The lowest BCUT2D eigenvalue weighted by Gasteiger charge is -2.23. The van der Waals surface area contributed by atoms with Crippen molar-refractivity contribution in [2.24, 2.45) is 0 Å². The molecule has 3 aromatic rings. The van der Waals surface area contributed by atoms with E-state index in [-0.39, 0.29) is 0 Å². The van der Waals surface area contributed by atoms with Gasteiger partial charge in [0.05, 0.1) is 17.1 Å². The van der Waals surface area contributed by atoms with Crippen LogP contribution in [0.25, 0.3) is 10.8 Å². The van der Waals surface area contributed by atoms with Gasteiger partial charge in [0.15, 0.2) is 0 Å². The first-order valence-electron chi connectivity index (χ1n) is 7.48. The summed E-state index contributed by atoms with van der Waals surface area (Å²) >= 11 is 0. The van der Waals surface area contributed by atoms with E-state index >= 15 is 0 Å². The quantitative estimate of drug-likeness (QED) is 0.606. The zero-order chi connectivity index (χ0) is 15.3. The molecule has 0 bridgehead atoms. The Kier molecular flexibility index (Phi) is 2.73. The number of anilines is 3. The Balaban J connectivity index is 1.99. The highest BCUT2D eigenvalue weighted by molar-refractivity contribution is 5.99. The number of aryl methyl sites for hydroxylation is 1. The van der Waals surface area contributed by atoms with Crippen molar-refractivity contribution in [2.45, 2.75) is 6.92 Å². The molecule has 0 aromatic heterocycles. The minimum Gasteiger partial charge on any atom is -0.329 e. The largest absolute Gasteiger partial charge is 0.329 e. The lowest BCUT2D eigenvalue weighted by Crippen LogP contribution is -2.20. The molecule has 0 saturated carbocycles. The van der Waals surface area contributed by atoms with Crippen molar-refractivity contribution in [3.05, 3.63) is 78.6 Å². The van der Waals surface area contributed by atoms with E-state index in [9.17, 15) is 0 Å². The Hall–Kier alpha value is -2.74. The minimum atomic E-state index is 0.986. The molecule has 0 fully saturated rings. The number of benzene rings is 3. The lowest BCUT2D eigenvalue weighted by atomic mass is 10.1. The van der Waals surface area contributed by atoms with Crippen LogP contribution in [0.5, 0.6) is 0 Å². The highest BCUT2D eigenvalue weighted by atomic mass is 15.4. The van der Waals surface area contributed by atoms with E-state index in [1.165, 1.54) is 33.4 Å². The smallest absolute Gasteiger partial charge is 0.110 e. The van der Waals surface area contributed by atoms with Gasteiger partial charge in [0, 0.05) is 7.05 Å². The first kappa shape index (κ1) is 13.0. The Morgan fingerprint density at radius 3 is 2.05 bits per heavy atom. The summed E-state index contributed by atoms with van der Waals surface area (Å²) in [7, 11) is 2.08. The Morgan fingerprint density at radius 2 is 1.36 bits per heavy atom. The molecule has 1 heterocycles. The Bertz CT molecular complexity index is 895. The van der Waals surface area contributed by atoms with Crippen LogP contribution in [0.3, 0.4) is 0 Å². The monoisotopic (exact) mass is 286 g/mol. The molecule has 4 rings (SSSR count). The van der Waals surface area contributed by atoms with Crippen LogP contribution in [0.15, 0.2) is 73.1 Å². The van der Waals surface area contributed by atoms with Gasteiger partial charge in [0.25, 0.3) is 0 Å². The van der Waals surface area contributed by atoms with Crippen LogP contribution in [0.2, 0.25) is 0 Å². The van der Waals surface area contributed by atoms with Gasteiger partial charge < -0.3 is 4.90 Å². The number of para-hydroxylation sites is 1. The van der Waals surface area contributed by atoms with Gasteiger partial charge in [-0.25, -0.2) is 0 Å². The molecule has 1 aliphatic rings. The summed E-state index contributed by atoms with van der Waals surface area (Å²) in [4.78, 5) is 4.41. The van der Waals surface area contributed by atoms with E-state index in [0.717, 1.165) is 5.82 Å². The summed E-state index contributed by atoms with van der Waals surface area (Å²) in [6.45, 7) is 6.43. The van der Waals surface area contributed by atoms with Crippen LogP contribution >= 0.6 is 0 Å². The first-order chi connectivity index (χ1) is 10.7. The summed E-state index contributed by atoms with van der Waals surface area (Å²) < 4.78 is 0. The van der Waals surface area contributed by atoms with Gasteiger partial charge in [-0.1, -0.05) is 49.0 Å². The fourth-order valence-electron chi connectivity index (χ4n) is 3.18. The molecule has 2 nitrogen and oxygen atoms in total. The molecule has 22 heavy (non-hydrogen) atoms. The molecule has 0 saturated heterocycles. The standard InChI is InChI=1S/C20H18N2/c1-14-8-4-7-11-18(14)22-15(2)21(3)19-12-16-9-5-6-10-17(16)13-20(19)22/h4-13H,2H2,1,3H3. The van der Waals surface area contributed by atoms with Crippen LogP contribution in [-0.4, -0.2) is 7.05 Å². The van der Waals surface area contributed by atoms with Crippen molar-refractivity contribution in [1.82, 2.24) is 0 Å². The zero-order valence-electron chi connectivity index (χ0n) is 12.9. The third kappa shape index (κ3) is 1.74. The third-order valence-corrected chi connectivity index (χ3v) is 4.45. The number of hydrogen-bond acceptors (Lipinski definition) is 2. The van der Waals surface area contributed by atoms with Crippen LogP contribution in [0.4, 0.5) is 17.1 Å². The fourth-order valence-corrected chi connectivity index (χ4v) is 3.18. The molecule has 3 aromatic carbocycles. The Morgan fingerprint density at radius 1 is 0.773 bits per heavy atom. The lowest BCUT2D eigenvalue weighted by molar-refractivity contribution is 1.09. The van der Waals surface area contributed by atoms with Gasteiger partial charge in [-0.05, 0) is 41.5 Å². The number of hydrogen-bond donors (Lipinski definition) is 0. The predicted octanol–water partition coefficient (Wildman–Crippen LogP) is 5.21. The third-order valence-electron chi connectivity index (χ3n) is 4.45. The summed E-state index contributed by atoms with van der Waals surface area (Å²) in [5.74, 6) is 0.986. The molecule has 0 aliphatic carbocycles. The van der Waals surface area contributed by atoms with Crippen molar-refractivity contribution in [3.63, 3.8) is 0 Å². The summed E-state index contributed by atoms with van der Waals surface area (Å²) in [5.41, 5.74) is 4.83. The van der Waals surface area contributed by atoms with Crippen molar-refractivity contribution < 1.29 is 0 Å². The highest BCUT2D eigenvalue weighted by Gasteiger charge is 2.29. The van der Waals surface area contributed by atoms with E-state index in [1.54, 1.807) is 0 Å². The van der Waals surface area contributed by atoms with Crippen LogP contribution < -0.4 is 9.80 Å². The highest BCUT2D eigenvalue weighted by Crippen LogP contribution is 2.47. The van der Waals surface area contributed by atoms with E-state index in [1.807, 2.05) is 0 Å².